The molecular formula is C17H21NO2. The Morgan fingerprint density at radius 3 is 2.85 bits per heavy atom. The Bertz CT molecular complexity index is 550. The first-order valence-electron chi connectivity index (χ1n) is 7.63. The average molecular weight is 271 g/mol. The van der Waals surface area contributed by atoms with Gasteiger partial charge in [-0.1, -0.05) is 18.9 Å². The molecule has 0 spiro atoms. The van der Waals surface area contributed by atoms with Crippen molar-refractivity contribution < 1.29 is 9.47 Å². The summed E-state index contributed by atoms with van der Waals surface area (Å²) in [6, 6.07) is 7.21. The van der Waals surface area contributed by atoms with Crippen molar-refractivity contribution in [2.45, 2.75) is 43.6 Å². The molecule has 1 saturated carbocycles. The van der Waals surface area contributed by atoms with E-state index in [0.29, 0.717) is 11.5 Å². The molecule has 2 fully saturated rings. The highest BCUT2D eigenvalue weighted by Gasteiger charge is 2.48. The molecule has 4 rings (SSSR count). The van der Waals surface area contributed by atoms with Gasteiger partial charge >= 0.3 is 0 Å². The quantitative estimate of drug-likeness (QED) is 0.781. The fourth-order valence-corrected chi connectivity index (χ4v) is 4.38. The monoisotopic (exact) mass is 271 g/mol. The Morgan fingerprint density at radius 1 is 1.10 bits per heavy atom. The molecule has 106 valence electrons. The Labute approximate surface area is 120 Å². The van der Waals surface area contributed by atoms with Gasteiger partial charge in [0, 0.05) is 11.5 Å². The molecule has 2 atom stereocenters. The number of likely N-dealkylation sites (tertiary alicyclic amines) is 1. The zero-order valence-electron chi connectivity index (χ0n) is 12.0. The smallest absolute Gasteiger partial charge is 0.169 e. The fraction of sp³-hybridized carbons (Fsp3) is 0.529. The summed E-state index contributed by atoms with van der Waals surface area (Å²) in [6.45, 7) is 1.21. The zero-order valence-corrected chi connectivity index (χ0v) is 12.0. The van der Waals surface area contributed by atoms with E-state index in [0.717, 1.165) is 11.5 Å². The van der Waals surface area contributed by atoms with Crippen LogP contribution in [0.25, 0.3) is 0 Å². The molecule has 2 aliphatic heterocycles. The molecule has 2 heterocycles. The van der Waals surface area contributed by atoms with Crippen LogP contribution in [0, 0.1) is 0 Å². The second kappa shape index (κ2) is 4.52. The lowest BCUT2D eigenvalue weighted by molar-refractivity contribution is 0.181. The Hall–Kier alpha value is -1.48. The van der Waals surface area contributed by atoms with Gasteiger partial charge in [-0.2, -0.15) is 0 Å². The van der Waals surface area contributed by atoms with Gasteiger partial charge in [-0.05, 0) is 50.6 Å². The van der Waals surface area contributed by atoms with Gasteiger partial charge in [0.25, 0.3) is 0 Å². The van der Waals surface area contributed by atoms with Crippen molar-refractivity contribution in [1.29, 1.82) is 0 Å². The van der Waals surface area contributed by atoms with Gasteiger partial charge in [-0.25, -0.2) is 0 Å². The van der Waals surface area contributed by atoms with E-state index in [1.165, 1.54) is 44.2 Å². The van der Waals surface area contributed by atoms with Crippen LogP contribution in [0.4, 0.5) is 0 Å². The van der Waals surface area contributed by atoms with Crippen molar-refractivity contribution in [3.05, 3.63) is 36.3 Å². The Kier molecular flexibility index (Phi) is 2.77. The largest absolute Gasteiger partial charge is 0.458 e. The maximum absolute atomic E-state index is 5.61. The van der Waals surface area contributed by atoms with Crippen LogP contribution in [0.1, 0.15) is 37.7 Å². The highest BCUT2D eigenvalue weighted by atomic mass is 16.5. The van der Waals surface area contributed by atoms with Crippen molar-refractivity contribution in [3.8, 4) is 11.5 Å². The number of benzene rings is 1. The van der Waals surface area contributed by atoms with E-state index in [-0.39, 0.29) is 0 Å². The maximum atomic E-state index is 5.61. The average Bonchev–Trinajstić information content (AvgIpc) is 2.86. The van der Waals surface area contributed by atoms with Crippen molar-refractivity contribution >= 4 is 0 Å². The molecule has 0 amide bonds. The SMILES string of the molecule is CN1CCC2(c3ccc4c(c3)OC=CO4)CCCCC12. The van der Waals surface area contributed by atoms with Crippen LogP contribution >= 0.6 is 0 Å². The van der Waals surface area contributed by atoms with Crippen LogP contribution in [-0.4, -0.2) is 24.5 Å². The van der Waals surface area contributed by atoms with E-state index in [9.17, 15) is 0 Å². The highest BCUT2D eigenvalue weighted by molar-refractivity contribution is 5.48. The molecule has 1 saturated heterocycles. The van der Waals surface area contributed by atoms with Crippen LogP contribution in [0.5, 0.6) is 11.5 Å². The third-order valence-corrected chi connectivity index (χ3v) is 5.40. The van der Waals surface area contributed by atoms with Gasteiger partial charge in [-0.15, -0.1) is 0 Å². The molecule has 0 bridgehead atoms. The second-order valence-electron chi connectivity index (χ2n) is 6.32. The first-order chi connectivity index (χ1) is 9.79. The van der Waals surface area contributed by atoms with Crippen molar-refractivity contribution in [2.24, 2.45) is 0 Å². The number of hydrogen-bond acceptors (Lipinski definition) is 3. The van der Waals surface area contributed by atoms with Crippen molar-refractivity contribution in [2.75, 3.05) is 13.6 Å². The minimum atomic E-state index is 0.326. The van der Waals surface area contributed by atoms with Crippen LogP contribution in [0.3, 0.4) is 0 Å². The number of rotatable bonds is 1. The molecule has 3 aliphatic rings. The lowest BCUT2D eigenvalue weighted by Gasteiger charge is -2.42. The normalized spacial score (nSPS) is 32.1. The number of nitrogens with zero attached hydrogens (tertiary/aromatic N) is 1. The third kappa shape index (κ3) is 1.69. The van der Waals surface area contributed by atoms with Crippen molar-refractivity contribution in [3.63, 3.8) is 0 Å². The predicted octanol–water partition coefficient (Wildman–Crippen LogP) is 3.44. The summed E-state index contributed by atoms with van der Waals surface area (Å²) in [7, 11) is 2.28. The van der Waals surface area contributed by atoms with E-state index in [1.807, 2.05) is 0 Å². The van der Waals surface area contributed by atoms with E-state index >= 15 is 0 Å². The standard InChI is InChI=1S/C17H21NO2/c1-18-9-8-17(7-3-2-4-16(17)18)13-5-6-14-15(12-13)20-11-10-19-14/h5-6,10-12,16H,2-4,7-9H2,1H3. The summed E-state index contributed by atoms with van der Waals surface area (Å²) in [6.07, 6.45) is 9.81. The number of hydrogen-bond donors (Lipinski definition) is 0. The molecule has 1 aromatic rings. The first kappa shape index (κ1) is 12.3. The summed E-state index contributed by atoms with van der Waals surface area (Å²) in [5, 5.41) is 0. The van der Waals surface area contributed by atoms with Crippen LogP contribution < -0.4 is 9.47 Å². The summed E-state index contributed by atoms with van der Waals surface area (Å²) in [5.74, 6) is 1.68. The minimum Gasteiger partial charge on any atom is -0.458 e. The van der Waals surface area contributed by atoms with Crippen LogP contribution in [0.2, 0.25) is 0 Å². The van der Waals surface area contributed by atoms with Gasteiger partial charge < -0.3 is 14.4 Å². The van der Waals surface area contributed by atoms with Crippen LogP contribution in [-0.2, 0) is 5.41 Å². The van der Waals surface area contributed by atoms with Gasteiger partial charge in [0.15, 0.2) is 11.5 Å². The lowest BCUT2D eigenvalue weighted by atomic mass is 9.66. The molecule has 0 radical (unpaired) electrons. The summed E-state index contributed by atoms with van der Waals surface area (Å²) < 4.78 is 11.1. The molecule has 1 aromatic carbocycles. The van der Waals surface area contributed by atoms with E-state index in [4.69, 9.17) is 9.47 Å². The zero-order chi connectivity index (χ0) is 13.6. The lowest BCUT2D eigenvalue weighted by Crippen LogP contribution is -2.43. The molecule has 0 N–H and O–H groups in total. The molecule has 0 aromatic heterocycles. The molecule has 3 nitrogen and oxygen atoms in total. The third-order valence-electron chi connectivity index (χ3n) is 5.40. The highest BCUT2D eigenvalue weighted by Crippen LogP contribution is 2.49. The second-order valence-corrected chi connectivity index (χ2v) is 6.32. The van der Waals surface area contributed by atoms with Gasteiger partial charge in [0.1, 0.15) is 12.5 Å². The molecule has 3 heteroatoms. The summed E-state index contributed by atoms with van der Waals surface area (Å²) >= 11 is 0. The fourth-order valence-electron chi connectivity index (χ4n) is 4.38. The molecule has 20 heavy (non-hydrogen) atoms. The van der Waals surface area contributed by atoms with E-state index < -0.39 is 0 Å². The van der Waals surface area contributed by atoms with Gasteiger partial charge in [-0.3, -0.25) is 0 Å². The predicted molar refractivity (Wildman–Crippen MR) is 78.0 cm³/mol. The number of ether oxygens (including phenoxy) is 2. The number of likely N-dealkylation sites (N-methyl/N-ethyl adjacent to an activating group) is 1. The summed E-state index contributed by atoms with van der Waals surface area (Å²) in [4.78, 5) is 2.55. The van der Waals surface area contributed by atoms with Gasteiger partial charge in [0.05, 0.1) is 0 Å². The molecule has 1 aliphatic carbocycles. The van der Waals surface area contributed by atoms with Crippen LogP contribution in [0.15, 0.2) is 30.7 Å². The Morgan fingerprint density at radius 2 is 1.95 bits per heavy atom. The molecular weight excluding hydrogens is 250 g/mol. The van der Waals surface area contributed by atoms with Crippen molar-refractivity contribution in [1.82, 2.24) is 4.90 Å². The van der Waals surface area contributed by atoms with E-state index in [2.05, 4.69) is 30.1 Å². The number of fused-ring (bicyclic) bond motifs is 2. The summed E-state index contributed by atoms with van der Waals surface area (Å²) in [5.41, 5.74) is 1.76. The van der Waals surface area contributed by atoms with E-state index in [1.54, 1.807) is 12.5 Å². The maximum Gasteiger partial charge on any atom is 0.169 e. The molecule has 2 unspecified atom stereocenters. The first-order valence-corrected chi connectivity index (χ1v) is 7.63. The Balaban J connectivity index is 1.76. The van der Waals surface area contributed by atoms with Gasteiger partial charge in [0.2, 0.25) is 0 Å². The minimum absolute atomic E-state index is 0.326. The topological polar surface area (TPSA) is 21.7 Å².